The third kappa shape index (κ3) is 2.82. The number of hydrogen-bond acceptors (Lipinski definition) is 3. The third-order valence-electron chi connectivity index (χ3n) is 3.79. The Labute approximate surface area is 133 Å². The van der Waals surface area contributed by atoms with Crippen molar-refractivity contribution < 1.29 is 12.8 Å². The van der Waals surface area contributed by atoms with Gasteiger partial charge in [0.15, 0.2) is 0 Å². The largest absolute Gasteiger partial charge is 0.366 e. The molecule has 7 heteroatoms. The number of benzene rings is 2. The standard InChI is InChI=1S/C15H14ClFN2O2S/c16-13-2-1-3-14(17)12(13)9-19-7-6-10-4-5-11(8-15(10)19)22(18,20)21/h1-5,8H,6-7,9H2,(H2,18,20,21). The molecule has 22 heavy (non-hydrogen) atoms. The summed E-state index contributed by atoms with van der Waals surface area (Å²) >= 11 is 6.06. The Kier molecular flexibility index (Phi) is 3.84. The van der Waals surface area contributed by atoms with Crippen LogP contribution in [0.15, 0.2) is 41.3 Å². The van der Waals surface area contributed by atoms with Gasteiger partial charge in [0.25, 0.3) is 0 Å². The van der Waals surface area contributed by atoms with Gasteiger partial charge in [0.2, 0.25) is 10.0 Å². The average Bonchev–Trinajstić information content (AvgIpc) is 2.84. The van der Waals surface area contributed by atoms with Crippen LogP contribution in [0, 0.1) is 5.82 Å². The molecule has 0 saturated carbocycles. The Morgan fingerprint density at radius 2 is 2.05 bits per heavy atom. The minimum absolute atomic E-state index is 0.0535. The maximum absolute atomic E-state index is 13.9. The predicted octanol–water partition coefficient (Wildman–Crippen LogP) is 2.69. The molecule has 0 aliphatic carbocycles. The summed E-state index contributed by atoms with van der Waals surface area (Å²) in [5.74, 6) is -0.372. The first kappa shape index (κ1) is 15.3. The average molecular weight is 341 g/mol. The van der Waals surface area contributed by atoms with E-state index < -0.39 is 10.0 Å². The molecular weight excluding hydrogens is 327 g/mol. The quantitative estimate of drug-likeness (QED) is 0.934. The number of anilines is 1. The van der Waals surface area contributed by atoms with Crippen molar-refractivity contribution in [1.82, 2.24) is 0 Å². The summed E-state index contributed by atoms with van der Waals surface area (Å²) in [6.07, 6.45) is 0.770. The lowest BCUT2D eigenvalue weighted by Gasteiger charge is -2.21. The van der Waals surface area contributed by atoms with Gasteiger partial charge in [0.1, 0.15) is 5.82 Å². The number of hydrogen-bond donors (Lipinski definition) is 1. The number of rotatable bonds is 3. The highest BCUT2D eigenvalue weighted by Gasteiger charge is 2.23. The fourth-order valence-electron chi connectivity index (χ4n) is 2.64. The van der Waals surface area contributed by atoms with Crippen molar-refractivity contribution in [2.24, 2.45) is 5.14 Å². The highest BCUT2D eigenvalue weighted by Crippen LogP contribution is 2.33. The maximum Gasteiger partial charge on any atom is 0.238 e. The van der Waals surface area contributed by atoms with E-state index in [9.17, 15) is 12.8 Å². The van der Waals surface area contributed by atoms with Crippen molar-refractivity contribution in [3.8, 4) is 0 Å². The van der Waals surface area contributed by atoms with Crippen LogP contribution in [0.25, 0.3) is 0 Å². The summed E-state index contributed by atoms with van der Waals surface area (Å²) in [4.78, 5) is 1.96. The zero-order chi connectivity index (χ0) is 15.9. The van der Waals surface area contributed by atoms with Crippen LogP contribution in [0.2, 0.25) is 5.02 Å². The molecule has 1 aliphatic heterocycles. The minimum Gasteiger partial charge on any atom is -0.366 e. The van der Waals surface area contributed by atoms with Crippen LogP contribution in [-0.4, -0.2) is 15.0 Å². The number of nitrogens with two attached hydrogens (primary N) is 1. The van der Waals surface area contributed by atoms with Gasteiger partial charge in [-0.15, -0.1) is 0 Å². The lowest BCUT2D eigenvalue weighted by Crippen LogP contribution is -2.21. The molecule has 0 amide bonds. The SMILES string of the molecule is NS(=O)(=O)c1ccc2c(c1)N(Cc1c(F)cccc1Cl)CC2. The Balaban J connectivity index is 1.97. The van der Waals surface area contributed by atoms with Crippen LogP contribution in [0.3, 0.4) is 0 Å². The molecule has 0 unspecified atom stereocenters. The number of primary sulfonamides is 1. The molecule has 0 aromatic heterocycles. The second kappa shape index (κ2) is 5.53. The van der Waals surface area contributed by atoms with Gasteiger partial charge in [-0.25, -0.2) is 17.9 Å². The van der Waals surface area contributed by atoms with Crippen LogP contribution in [-0.2, 0) is 23.0 Å². The van der Waals surface area contributed by atoms with Crippen molar-refractivity contribution in [3.63, 3.8) is 0 Å². The molecule has 116 valence electrons. The van der Waals surface area contributed by atoms with Crippen LogP contribution in [0.1, 0.15) is 11.1 Å². The molecule has 1 aliphatic rings. The minimum atomic E-state index is -3.76. The maximum atomic E-state index is 13.9. The smallest absolute Gasteiger partial charge is 0.238 e. The fraction of sp³-hybridized carbons (Fsp3) is 0.200. The van der Waals surface area contributed by atoms with Crippen LogP contribution in [0.5, 0.6) is 0 Å². The summed E-state index contributed by atoms with van der Waals surface area (Å²) in [7, 11) is -3.76. The Bertz CT molecular complexity index is 819. The summed E-state index contributed by atoms with van der Waals surface area (Å²) in [5.41, 5.74) is 2.17. The summed E-state index contributed by atoms with van der Waals surface area (Å²) in [6, 6.07) is 9.33. The fourth-order valence-corrected chi connectivity index (χ4v) is 3.40. The van der Waals surface area contributed by atoms with Gasteiger partial charge in [-0.1, -0.05) is 23.7 Å². The number of sulfonamides is 1. The number of fused-ring (bicyclic) bond motifs is 1. The highest BCUT2D eigenvalue weighted by molar-refractivity contribution is 7.89. The summed E-state index contributed by atoms with van der Waals surface area (Å²) < 4.78 is 36.9. The van der Waals surface area contributed by atoms with E-state index in [0.717, 1.165) is 17.7 Å². The zero-order valence-electron chi connectivity index (χ0n) is 11.6. The molecule has 0 radical (unpaired) electrons. The zero-order valence-corrected chi connectivity index (χ0v) is 13.2. The van der Waals surface area contributed by atoms with Crippen molar-refractivity contribution in [2.45, 2.75) is 17.9 Å². The molecule has 2 aromatic carbocycles. The van der Waals surface area contributed by atoms with E-state index in [1.807, 2.05) is 4.90 Å². The molecule has 2 N–H and O–H groups in total. The van der Waals surface area contributed by atoms with Crippen molar-refractivity contribution in [3.05, 3.63) is 58.4 Å². The van der Waals surface area contributed by atoms with E-state index in [1.165, 1.54) is 18.2 Å². The topological polar surface area (TPSA) is 63.4 Å². The van der Waals surface area contributed by atoms with Crippen molar-refractivity contribution >= 4 is 27.3 Å². The molecule has 0 bridgehead atoms. The van der Waals surface area contributed by atoms with Crippen molar-refractivity contribution in [2.75, 3.05) is 11.4 Å². The second-order valence-electron chi connectivity index (χ2n) is 5.21. The Hall–Kier alpha value is -1.63. The van der Waals surface area contributed by atoms with Gasteiger partial charge < -0.3 is 4.90 Å². The van der Waals surface area contributed by atoms with E-state index in [4.69, 9.17) is 16.7 Å². The molecule has 2 aromatic rings. The lowest BCUT2D eigenvalue weighted by molar-refractivity contribution is 0.597. The monoisotopic (exact) mass is 340 g/mol. The molecule has 1 heterocycles. The van der Waals surface area contributed by atoms with E-state index in [-0.39, 0.29) is 17.3 Å². The first-order chi connectivity index (χ1) is 10.4. The molecule has 4 nitrogen and oxygen atoms in total. The number of nitrogens with zero attached hydrogens (tertiary/aromatic N) is 1. The van der Waals surface area contributed by atoms with Crippen LogP contribution < -0.4 is 10.0 Å². The predicted molar refractivity (Wildman–Crippen MR) is 84.0 cm³/mol. The summed E-state index contributed by atoms with van der Waals surface area (Å²) in [5, 5.41) is 5.53. The van der Waals surface area contributed by atoms with Crippen molar-refractivity contribution in [1.29, 1.82) is 0 Å². The Morgan fingerprint density at radius 3 is 2.73 bits per heavy atom. The van der Waals surface area contributed by atoms with Crippen LogP contribution in [0.4, 0.5) is 10.1 Å². The normalized spacial score (nSPS) is 14.2. The van der Waals surface area contributed by atoms with E-state index in [0.29, 0.717) is 17.1 Å². The first-order valence-electron chi connectivity index (χ1n) is 6.70. The molecule has 0 spiro atoms. The van der Waals surface area contributed by atoms with E-state index >= 15 is 0 Å². The van der Waals surface area contributed by atoms with Gasteiger partial charge >= 0.3 is 0 Å². The highest BCUT2D eigenvalue weighted by atomic mass is 35.5. The molecule has 0 atom stereocenters. The molecule has 3 rings (SSSR count). The third-order valence-corrected chi connectivity index (χ3v) is 5.05. The molecule has 0 fully saturated rings. The summed E-state index contributed by atoms with van der Waals surface area (Å²) in [6.45, 7) is 0.959. The first-order valence-corrected chi connectivity index (χ1v) is 8.62. The van der Waals surface area contributed by atoms with Gasteiger partial charge in [-0.3, -0.25) is 0 Å². The van der Waals surface area contributed by atoms with Gasteiger partial charge in [0.05, 0.1) is 4.90 Å². The number of halogens is 2. The van der Waals surface area contributed by atoms with Crippen LogP contribution >= 0.6 is 11.6 Å². The van der Waals surface area contributed by atoms with E-state index in [2.05, 4.69) is 0 Å². The lowest BCUT2D eigenvalue weighted by atomic mass is 10.1. The van der Waals surface area contributed by atoms with Gasteiger partial charge in [0, 0.05) is 29.4 Å². The molecule has 0 saturated heterocycles. The molecular formula is C15H14ClFN2O2S. The van der Waals surface area contributed by atoms with Gasteiger partial charge in [-0.2, -0.15) is 0 Å². The van der Waals surface area contributed by atoms with E-state index in [1.54, 1.807) is 18.2 Å². The van der Waals surface area contributed by atoms with Gasteiger partial charge in [-0.05, 0) is 36.2 Å². The second-order valence-corrected chi connectivity index (χ2v) is 7.18. The Morgan fingerprint density at radius 1 is 1.27 bits per heavy atom.